The minimum Gasteiger partial charge on any atom is -0.465 e. The molecule has 104 valence electrons. The number of rotatable bonds is 2. The first-order valence-corrected chi connectivity index (χ1v) is 5.86. The molecule has 0 amide bonds. The molecule has 0 aliphatic carbocycles. The fraction of sp³-hybridized carbons (Fsp3) is 0.143. The summed E-state index contributed by atoms with van der Waals surface area (Å²) in [4.78, 5) is 23.0. The van der Waals surface area contributed by atoms with Crippen molar-refractivity contribution in [2.45, 2.75) is 0 Å². The van der Waals surface area contributed by atoms with Crippen LogP contribution in [0.3, 0.4) is 0 Å². The number of carbonyl (C=O) groups excluding carboxylic acids is 2. The minimum atomic E-state index is -0.427. The van der Waals surface area contributed by atoms with Crippen LogP contribution in [-0.2, 0) is 19.1 Å². The Morgan fingerprint density at radius 2 is 1.25 bits per heavy atom. The zero-order valence-corrected chi connectivity index (χ0v) is 11.1. The monoisotopic (exact) mass is 274 g/mol. The molecule has 0 saturated heterocycles. The van der Waals surface area contributed by atoms with Crippen molar-refractivity contribution in [3.05, 3.63) is 59.2 Å². The van der Waals surface area contributed by atoms with Gasteiger partial charge in [-0.2, -0.15) is 0 Å². The number of dihydropyridines is 2. The summed E-state index contributed by atoms with van der Waals surface area (Å²) in [6.07, 6.45) is 9.75. The Morgan fingerprint density at radius 1 is 0.850 bits per heavy atom. The Hall–Kier alpha value is -2.76. The molecule has 2 N–H and O–H groups in total. The summed E-state index contributed by atoms with van der Waals surface area (Å²) in [6, 6.07) is 0. The van der Waals surface area contributed by atoms with Crippen LogP contribution in [0.4, 0.5) is 0 Å². The number of carbonyl (C=O) groups is 2. The van der Waals surface area contributed by atoms with Gasteiger partial charge in [0, 0.05) is 12.4 Å². The summed E-state index contributed by atoms with van der Waals surface area (Å²) in [6.45, 7) is 0. The van der Waals surface area contributed by atoms with Crippen molar-refractivity contribution in [2.24, 2.45) is 0 Å². The molecule has 0 bridgehead atoms. The molecule has 0 fully saturated rings. The van der Waals surface area contributed by atoms with Crippen molar-refractivity contribution >= 4 is 11.9 Å². The van der Waals surface area contributed by atoms with E-state index in [0.29, 0.717) is 22.5 Å². The molecule has 0 atom stereocenters. The molecular formula is C14H14N2O4. The second kappa shape index (κ2) is 5.92. The van der Waals surface area contributed by atoms with Gasteiger partial charge in [-0.15, -0.1) is 0 Å². The first-order valence-electron chi connectivity index (χ1n) is 5.86. The van der Waals surface area contributed by atoms with Gasteiger partial charge in [-0.25, -0.2) is 9.59 Å². The molecule has 2 rings (SSSR count). The summed E-state index contributed by atoms with van der Waals surface area (Å²) in [5, 5.41) is 5.99. The molecule has 0 unspecified atom stereocenters. The van der Waals surface area contributed by atoms with Crippen molar-refractivity contribution < 1.29 is 19.1 Å². The van der Waals surface area contributed by atoms with Crippen LogP contribution < -0.4 is 10.6 Å². The second-order valence-electron chi connectivity index (χ2n) is 3.97. The molecular weight excluding hydrogens is 260 g/mol. The highest BCUT2D eigenvalue weighted by Crippen LogP contribution is 2.17. The molecule has 0 aromatic carbocycles. The van der Waals surface area contributed by atoms with E-state index < -0.39 is 11.9 Å². The van der Waals surface area contributed by atoms with Crippen molar-refractivity contribution in [1.82, 2.24) is 10.6 Å². The summed E-state index contributed by atoms with van der Waals surface area (Å²) in [5.41, 5.74) is 2.13. The van der Waals surface area contributed by atoms with Crippen LogP contribution >= 0.6 is 0 Å². The van der Waals surface area contributed by atoms with Crippen LogP contribution in [0.15, 0.2) is 59.2 Å². The van der Waals surface area contributed by atoms with Gasteiger partial charge < -0.3 is 20.1 Å². The molecule has 6 heteroatoms. The normalized spacial score (nSPS) is 20.3. The molecule has 2 aliphatic rings. The largest absolute Gasteiger partial charge is 0.465 e. The van der Waals surface area contributed by atoms with Gasteiger partial charge in [0.2, 0.25) is 0 Å². The number of esters is 2. The Morgan fingerprint density at radius 3 is 1.60 bits per heavy atom. The van der Waals surface area contributed by atoms with Crippen molar-refractivity contribution in [2.75, 3.05) is 14.2 Å². The predicted octanol–water partition coefficient (Wildman–Crippen LogP) is 0.631. The number of nitrogens with one attached hydrogen (secondary N) is 2. The number of allylic oxidation sites excluding steroid dienone is 2. The number of methoxy groups -OCH3 is 2. The van der Waals surface area contributed by atoms with Gasteiger partial charge in [0.05, 0.1) is 36.8 Å². The third-order valence-corrected chi connectivity index (χ3v) is 2.74. The average molecular weight is 274 g/mol. The Balaban J connectivity index is 2.34. The molecule has 2 aliphatic heterocycles. The quantitative estimate of drug-likeness (QED) is 0.719. The number of ether oxygens (including phenoxy) is 2. The summed E-state index contributed by atoms with van der Waals surface area (Å²) < 4.78 is 9.34. The zero-order valence-electron chi connectivity index (χ0n) is 11.1. The van der Waals surface area contributed by atoms with Crippen LogP contribution in [0.5, 0.6) is 0 Å². The number of hydrogen-bond donors (Lipinski definition) is 2. The SMILES string of the molecule is COC(=O)C1=CC(=C2C=C(C(=O)OC)C=CN2)NC=C1. The van der Waals surface area contributed by atoms with E-state index in [1.807, 2.05) is 0 Å². The molecule has 20 heavy (non-hydrogen) atoms. The molecule has 0 saturated carbocycles. The van der Waals surface area contributed by atoms with Gasteiger partial charge in [-0.1, -0.05) is 0 Å². The lowest BCUT2D eigenvalue weighted by molar-refractivity contribution is -0.136. The van der Waals surface area contributed by atoms with Crippen molar-refractivity contribution in [3.8, 4) is 0 Å². The van der Waals surface area contributed by atoms with Gasteiger partial charge in [0.15, 0.2) is 0 Å². The highest BCUT2D eigenvalue weighted by molar-refractivity contribution is 5.93. The van der Waals surface area contributed by atoms with Crippen LogP contribution in [0.25, 0.3) is 0 Å². The van der Waals surface area contributed by atoms with Crippen molar-refractivity contribution in [1.29, 1.82) is 0 Å². The first-order chi connectivity index (χ1) is 9.65. The van der Waals surface area contributed by atoms with Gasteiger partial charge >= 0.3 is 11.9 Å². The Bertz CT molecular complexity index is 542. The molecule has 6 nitrogen and oxygen atoms in total. The maximum absolute atomic E-state index is 11.5. The first kappa shape index (κ1) is 13.7. The third-order valence-electron chi connectivity index (χ3n) is 2.74. The second-order valence-corrected chi connectivity index (χ2v) is 3.97. The summed E-state index contributed by atoms with van der Waals surface area (Å²) >= 11 is 0. The maximum Gasteiger partial charge on any atom is 0.337 e. The molecule has 2 heterocycles. The third kappa shape index (κ3) is 2.80. The van der Waals surface area contributed by atoms with Gasteiger partial charge in [-0.3, -0.25) is 0 Å². The standard InChI is InChI=1S/C14H14N2O4/c1-19-13(17)9-3-5-15-11(7-9)12-8-10(4-6-16-12)14(18)20-2/h3-8,15-16H,1-2H3. The van der Waals surface area contributed by atoms with Crippen molar-refractivity contribution in [3.63, 3.8) is 0 Å². The fourth-order valence-corrected chi connectivity index (χ4v) is 1.73. The van der Waals surface area contributed by atoms with E-state index >= 15 is 0 Å². The lowest BCUT2D eigenvalue weighted by Gasteiger charge is -2.17. The number of hydrogen-bond acceptors (Lipinski definition) is 6. The van der Waals surface area contributed by atoms with Crippen LogP contribution in [0.1, 0.15) is 0 Å². The van der Waals surface area contributed by atoms with Crippen LogP contribution in [0, 0.1) is 0 Å². The lowest BCUT2D eigenvalue weighted by atomic mass is 10.1. The highest BCUT2D eigenvalue weighted by Gasteiger charge is 2.15. The topological polar surface area (TPSA) is 76.7 Å². The van der Waals surface area contributed by atoms with Gasteiger partial charge in [0.1, 0.15) is 0 Å². The lowest BCUT2D eigenvalue weighted by Crippen LogP contribution is -2.20. The maximum atomic E-state index is 11.5. The van der Waals surface area contributed by atoms with Gasteiger partial charge in [-0.05, 0) is 24.3 Å². The van der Waals surface area contributed by atoms with E-state index in [1.165, 1.54) is 14.2 Å². The molecule has 0 radical (unpaired) electrons. The van der Waals surface area contributed by atoms with E-state index in [2.05, 4.69) is 20.1 Å². The van der Waals surface area contributed by atoms with E-state index in [4.69, 9.17) is 0 Å². The van der Waals surface area contributed by atoms with Crippen LogP contribution in [0.2, 0.25) is 0 Å². The smallest absolute Gasteiger partial charge is 0.337 e. The summed E-state index contributed by atoms with van der Waals surface area (Å²) in [7, 11) is 2.64. The fourth-order valence-electron chi connectivity index (χ4n) is 1.73. The highest BCUT2D eigenvalue weighted by atomic mass is 16.5. The predicted molar refractivity (Wildman–Crippen MR) is 71.8 cm³/mol. The zero-order chi connectivity index (χ0) is 14.5. The average Bonchev–Trinajstić information content (AvgIpc) is 2.53. The van der Waals surface area contributed by atoms with Gasteiger partial charge in [0.25, 0.3) is 0 Å². The minimum absolute atomic E-state index is 0.415. The van der Waals surface area contributed by atoms with E-state index in [1.54, 1.807) is 36.7 Å². The molecule has 0 spiro atoms. The Labute approximate surface area is 116 Å². The molecule has 0 aromatic rings. The Kier molecular flexibility index (Phi) is 4.05. The van der Waals surface area contributed by atoms with Crippen LogP contribution in [-0.4, -0.2) is 26.2 Å². The molecule has 0 aromatic heterocycles. The van der Waals surface area contributed by atoms with E-state index in [9.17, 15) is 9.59 Å². The summed E-state index contributed by atoms with van der Waals surface area (Å²) in [5.74, 6) is -0.853. The van der Waals surface area contributed by atoms with E-state index in [-0.39, 0.29) is 0 Å². The van der Waals surface area contributed by atoms with E-state index in [0.717, 1.165) is 0 Å².